The van der Waals surface area contributed by atoms with Crippen LogP contribution in [0.4, 0.5) is 0 Å². The van der Waals surface area contributed by atoms with Crippen molar-refractivity contribution in [3.05, 3.63) is 58.2 Å². The average Bonchev–Trinajstić information content (AvgIpc) is 2.60. The number of ether oxygens (including phenoxy) is 2. The number of allylic oxidation sites excluding steroid dienone is 4. The molecule has 0 aromatic heterocycles. The summed E-state index contributed by atoms with van der Waals surface area (Å²) in [6, 6.07) is 2.10. The molecule has 29 heavy (non-hydrogen) atoms. The highest BCUT2D eigenvalue weighted by Crippen LogP contribution is 2.44. The molecule has 2 unspecified atom stereocenters. The summed E-state index contributed by atoms with van der Waals surface area (Å²) in [6.45, 7) is 15.1. The standard InChI is InChI=1S/C27H36O2/c1-19(2)10-8-14-26(6)16-12-22-21(5)23-13-17-27(7,15-9-11-20(3)4)29-25(23)18-24(22)28-26/h10-13,16-18H,8-9,14-15H2,1-7H3. The molecule has 2 aliphatic rings. The highest BCUT2D eigenvalue weighted by molar-refractivity contribution is 5.75. The van der Waals surface area contributed by atoms with E-state index >= 15 is 0 Å². The number of fused-ring (bicyclic) bond motifs is 2. The van der Waals surface area contributed by atoms with Crippen molar-refractivity contribution >= 4 is 12.2 Å². The Morgan fingerprint density at radius 2 is 1.21 bits per heavy atom. The van der Waals surface area contributed by atoms with E-state index in [1.165, 1.54) is 27.8 Å². The Morgan fingerprint density at radius 1 is 0.793 bits per heavy atom. The predicted octanol–water partition coefficient (Wildman–Crippen LogP) is 7.82. The summed E-state index contributed by atoms with van der Waals surface area (Å²) in [4.78, 5) is 0. The molecule has 156 valence electrons. The van der Waals surface area contributed by atoms with Crippen LogP contribution in [0, 0.1) is 6.92 Å². The Kier molecular flexibility index (Phi) is 6.12. The molecular weight excluding hydrogens is 356 g/mol. The van der Waals surface area contributed by atoms with Crippen molar-refractivity contribution in [3.63, 3.8) is 0 Å². The van der Waals surface area contributed by atoms with Crippen molar-refractivity contribution in [3.8, 4) is 11.5 Å². The molecule has 0 saturated carbocycles. The first-order valence-corrected chi connectivity index (χ1v) is 10.8. The smallest absolute Gasteiger partial charge is 0.131 e. The normalized spacial score (nSPS) is 24.1. The molecule has 0 N–H and O–H groups in total. The van der Waals surface area contributed by atoms with E-state index in [0.717, 1.165) is 37.2 Å². The topological polar surface area (TPSA) is 18.5 Å². The molecule has 2 heterocycles. The van der Waals surface area contributed by atoms with Crippen LogP contribution < -0.4 is 9.47 Å². The largest absolute Gasteiger partial charge is 0.483 e. The zero-order valence-electron chi connectivity index (χ0n) is 19.2. The molecule has 0 amide bonds. The van der Waals surface area contributed by atoms with E-state index in [4.69, 9.17) is 9.47 Å². The molecule has 1 aromatic carbocycles. The number of rotatable bonds is 6. The third-order valence-electron chi connectivity index (χ3n) is 5.88. The van der Waals surface area contributed by atoms with Crippen LogP contribution in [0.25, 0.3) is 12.2 Å². The molecular formula is C27H36O2. The van der Waals surface area contributed by atoms with Crippen molar-refractivity contribution in [2.75, 3.05) is 0 Å². The molecule has 3 rings (SSSR count). The van der Waals surface area contributed by atoms with Crippen molar-refractivity contribution in [2.45, 2.75) is 85.4 Å². The van der Waals surface area contributed by atoms with Gasteiger partial charge in [0.2, 0.25) is 0 Å². The highest BCUT2D eigenvalue weighted by Gasteiger charge is 2.32. The van der Waals surface area contributed by atoms with Gasteiger partial charge in [-0.25, -0.2) is 0 Å². The van der Waals surface area contributed by atoms with Gasteiger partial charge in [-0.3, -0.25) is 0 Å². The molecule has 2 nitrogen and oxygen atoms in total. The zero-order valence-corrected chi connectivity index (χ0v) is 19.2. The van der Waals surface area contributed by atoms with Gasteiger partial charge in [0.15, 0.2) is 0 Å². The summed E-state index contributed by atoms with van der Waals surface area (Å²) in [5.41, 5.74) is 5.71. The van der Waals surface area contributed by atoms with Crippen molar-refractivity contribution in [1.82, 2.24) is 0 Å². The Bertz CT molecular complexity index is 821. The summed E-state index contributed by atoms with van der Waals surface area (Å²) in [5, 5.41) is 0. The molecule has 0 bridgehead atoms. The van der Waals surface area contributed by atoms with Gasteiger partial charge < -0.3 is 9.47 Å². The fourth-order valence-corrected chi connectivity index (χ4v) is 4.03. The Balaban J connectivity index is 1.84. The fraction of sp³-hybridized carbons (Fsp3) is 0.481. The van der Waals surface area contributed by atoms with Crippen molar-refractivity contribution < 1.29 is 9.47 Å². The van der Waals surface area contributed by atoms with Crippen LogP contribution in [0.1, 0.15) is 83.9 Å². The minimum atomic E-state index is -0.281. The van der Waals surface area contributed by atoms with Crippen LogP contribution in [-0.2, 0) is 0 Å². The summed E-state index contributed by atoms with van der Waals surface area (Å²) in [5.74, 6) is 1.87. The van der Waals surface area contributed by atoms with E-state index in [1.807, 2.05) is 0 Å². The van der Waals surface area contributed by atoms with Crippen LogP contribution in [0.15, 0.2) is 41.5 Å². The van der Waals surface area contributed by atoms with Gasteiger partial charge in [0.1, 0.15) is 22.7 Å². The van der Waals surface area contributed by atoms with Crippen molar-refractivity contribution in [2.24, 2.45) is 0 Å². The van der Waals surface area contributed by atoms with Crippen LogP contribution in [0.3, 0.4) is 0 Å². The zero-order chi connectivity index (χ0) is 21.2. The first-order chi connectivity index (χ1) is 13.6. The molecule has 0 spiro atoms. The minimum Gasteiger partial charge on any atom is -0.483 e. The third-order valence-corrected chi connectivity index (χ3v) is 5.88. The number of hydrogen-bond donors (Lipinski definition) is 0. The third kappa shape index (κ3) is 5.04. The van der Waals surface area contributed by atoms with Crippen LogP contribution >= 0.6 is 0 Å². The second kappa shape index (κ2) is 8.26. The lowest BCUT2D eigenvalue weighted by atomic mass is 9.89. The van der Waals surface area contributed by atoms with E-state index < -0.39 is 0 Å². The maximum absolute atomic E-state index is 6.50. The predicted molar refractivity (Wildman–Crippen MR) is 125 cm³/mol. The second-order valence-electron chi connectivity index (χ2n) is 9.46. The van der Waals surface area contributed by atoms with E-state index in [0.29, 0.717) is 0 Å². The lowest BCUT2D eigenvalue weighted by molar-refractivity contribution is 0.118. The van der Waals surface area contributed by atoms with Gasteiger partial charge in [0.25, 0.3) is 0 Å². The number of benzene rings is 1. The molecule has 0 radical (unpaired) electrons. The minimum absolute atomic E-state index is 0.281. The maximum atomic E-state index is 6.50. The van der Waals surface area contributed by atoms with Gasteiger partial charge in [-0.15, -0.1) is 0 Å². The first-order valence-electron chi connectivity index (χ1n) is 10.8. The van der Waals surface area contributed by atoms with E-state index in [-0.39, 0.29) is 11.2 Å². The van der Waals surface area contributed by atoms with Gasteiger partial charge in [-0.1, -0.05) is 35.5 Å². The number of hydrogen-bond acceptors (Lipinski definition) is 2. The van der Waals surface area contributed by atoms with E-state index in [1.54, 1.807) is 0 Å². The van der Waals surface area contributed by atoms with Crippen LogP contribution in [-0.4, -0.2) is 11.2 Å². The molecule has 0 aliphatic carbocycles. The quantitative estimate of drug-likeness (QED) is 0.459. The first kappa shape index (κ1) is 21.5. The van der Waals surface area contributed by atoms with E-state index in [2.05, 4.69) is 91.0 Å². The molecule has 0 fully saturated rings. The monoisotopic (exact) mass is 392 g/mol. The lowest BCUT2D eigenvalue weighted by Gasteiger charge is -2.36. The SMILES string of the molecule is CC(C)=CCCC1(C)C=Cc2c(cc3c(c2C)C=CC(C)(CCC=C(C)C)O3)O1. The second-order valence-corrected chi connectivity index (χ2v) is 9.46. The Labute approximate surface area is 177 Å². The van der Waals surface area contributed by atoms with Gasteiger partial charge in [-0.05, 0) is 91.9 Å². The molecule has 2 atom stereocenters. The summed E-state index contributed by atoms with van der Waals surface area (Å²) in [7, 11) is 0. The van der Waals surface area contributed by atoms with Gasteiger partial charge >= 0.3 is 0 Å². The fourth-order valence-electron chi connectivity index (χ4n) is 4.03. The summed E-state index contributed by atoms with van der Waals surface area (Å²) < 4.78 is 13.0. The van der Waals surface area contributed by atoms with E-state index in [9.17, 15) is 0 Å². The summed E-state index contributed by atoms with van der Waals surface area (Å²) >= 11 is 0. The molecule has 1 aromatic rings. The van der Waals surface area contributed by atoms with Crippen LogP contribution in [0.5, 0.6) is 11.5 Å². The Morgan fingerprint density at radius 3 is 1.59 bits per heavy atom. The van der Waals surface area contributed by atoms with Crippen molar-refractivity contribution in [1.29, 1.82) is 0 Å². The molecule has 0 saturated heterocycles. The van der Waals surface area contributed by atoms with Gasteiger partial charge in [0.05, 0.1) is 0 Å². The average molecular weight is 393 g/mol. The molecule has 2 heteroatoms. The van der Waals surface area contributed by atoms with Gasteiger partial charge in [-0.2, -0.15) is 0 Å². The van der Waals surface area contributed by atoms with Crippen LogP contribution in [0.2, 0.25) is 0 Å². The van der Waals surface area contributed by atoms with Gasteiger partial charge in [0, 0.05) is 17.2 Å². The summed E-state index contributed by atoms with van der Waals surface area (Å²) in [6.07, 6.45) is 17.4. The molecule has 2 aliphatic heterocycles. The Hall–Kier alpha value is -2.22. The lowest BCUT2D eigenvalue weighted by Crippen LogP contribution is -2.33. The maximum Gasteiger partial charge on any atom is 0.131 e. The highest BCUT2D eigenvalue weighted by atomic mass is 16.5.